The summed E-state index contributed by atoms with van der Waals surface area (Å²) in [6.45, 7) is -0.0186. The number of anilines is 1. The van der Waals surface area contributed by atoms with Crippen LogP contribution in [-0.4, -0.2) is 31.6 Å². The van der Waals surface area contributed by atoms with Crippen molar-refractivity contribution in [2.75, 3.05) is 24.7 Å². The van der Waals surface area contributed by atoms with E-state index in [0.717, 1.165) is 23.8 Å². The summed E-state index contributed by atoms with van der Waals surface area (Å²) in [5, 5.41) is 8.36. The lowest BCUT2D eigenvalue weighted by atomic mass is 9.81. The van der Waals surface area contributed by atoms with Crippen molar-refractivity contribution in [2.24, 2.45) is 11.8 Å². The Morgan fingerprint density at radius 1 is 1.11 bits per heavy atom. The van der Waals surface area contributed by atoms with Crippen LogP contribution in [0.3, 0.4) is 0 Å². The van der Waals surface area contributed by atoms with Gasteiger partial charge < -0.3 is 9.47 Å². The molecule has 2 unspecified atom stereocenters. The Morgan fingerprint density at radius 2 is 1.75 bits per heavy atom. The maximum atomic E-state index is 14.5. The van der Waals surface area contributed by atoms with Gasteiger partial charge in [0.05, 0.1) is 28.6 Å². The molecule has 1 aromatic carbocycles. The highest BCUT2D eigenvalue weighted by atomic mass is 35.5. The smallest absolute Gasteiger partial charge is 0.237 e. The van der Waals surface area contributed by atoms with Crippen LogP contribution in [0, 0.1) is 40.8 Å². The van der Waals surface area contributed by atoms with Gasteiger partial charge in [-0.15, -0.1) is 0 Å². The molecule has 1 saturated heterocycles. The van der Waals surface area contributed by atoms with Crippen molar-refractivity contribution in [1.82, 2.24) is 0 Å². The molecule has 2 aliphatic rings. The molecule has 0 radical (unpaired) electrons. The zero-order valence-corrected chi connectivity index (χ0v) is 15.8. The molecule has 1 aliphatic heterocycles. The van der Waals surface area contributed by atoms with Gasteiger partial charge in [-0.2, -0.15) is 5.26 Å². The highest BCUT2D eigenvalue weighted by Gasteiger charge is 2.49. The van der Waals surface area contributed by atoms with E-state index in [9.17, 15) is 14.0 Å². The van der Waals surface area contributed by atoms with Crippen LogP contribution in [0.4, 0.5) is 10.1 Å². The van der Waals surface area contributed by atoms with Crippen LogP contribution < -0.4 is 9.64 Å². The standard InChI is InChI=1S/C20H18ClFN2O4/c21-15-11-16(22)17(12-18(15)28-9-4-3-8-27-10-7-23)24-19(25)13-5-1-2-6-14(13)20(24)26/h11-14H,1-2,5-6,8-10H2. The van der Waals surface area contributed by atoms with E-state index in [-0.39, 0.29) is 59.9 Å². The minimum Gasteiger partial charge on any atom is -0.479 e. The second-order valence-corrected chi connectivity index (χ2v) is 6.94. The lowest BCUT2D eigenvalue weighted by Crippen LogP contribution is -2.31. The molecular formula is C20H18ClFN2O4. The molecule has 2 fully saturated rings. The van der Waals surface area contributed by atoms with E-state index < -0.39 is 5.82 Å². The van der Waals surface area contributed by atoms with E-state index in [2.05, 4.69) is 11.8 Å². The molecule has 2 amide bonds. The maximum absolute atomic E-state index is 14.5. The Kier molecular flexibility index (Phi) is 6.51. The van der Waals surface area contributed by atoms with E-state index in [1.54, 1.807) is 0 Å². The molecule has 6 nitrogen and oxygen atoms in total. The molecule has 1 aliphatic carbocycles. The molecule has 0 N–H and O–H groups in total. The summed E-state index contributed by atoms with van der Waals surface area (Å²) >= 11 is 6.02. The Balaban J connectivity index is 1.75. The van der Waals surface area contributed by atoms with Crippen LogP contribution in [0.15, 0.2) is 12.1 Å². The zero-order chi connectivity index (χ0) is 20.1. The first-order valence-electron chi connectivity index (χ1n) is 8.94. The SMILES string of the molecule is N#CCOCC#CCOc1cc(N2C(=O)C3CCCCC3C2=O)c(F)cc1Cl. The van der Waals surface area contributed by atoms with E-state index in [4.69, 9.17) is 26.3 Å². The van der Waals surface area contributed by atoms with Crippen molar-refractivity contribution in [3.8, 4) is 23.7 Å². The second-order valence-electron chi connectivity index (χ2n) is 6.54. The number of halogens is 2. The fourth-order valence-electron chi connectivity index (χ4n) is 3.56. The fraction of sp³-hybridized carbons (Fsp3) is 0.450. The number of nitrogens with zero attached hydrogens (tertiary/aromatic N) is 2. The normalized spacial score (nSPS) is 21.0. The van der Waals surface area contributed by atoms with Crippen LogP contribution >= 0.6 is 11.6 Å². The number of ether oxygens (including phenoxy) is 2. The first-order valence-corrected chi connectivity index (χ1v) is 9.32. The third-order valence-corrected chi connectivity index (χ3v) is 5.14. The van der Waals surface area contributed by atoms with Crippen molar-refractivity contribution in [3.63, 3.8) is 0 Å². The largest absolute Gasteiger partial charge is 0.479 e. The number of rotatable bonds is 5. The molecule has 0 aromatic heterocycles. The monoisotopic (exact) mass is 404 g/mol. The van der Waals surface area contributed by atoms with Gasteiger partial charge in [0.25, 0.3) is 0 Å². The summed E-state index contributed by atoms with van der Waals surface area (Å²) in [6, 6.07) is 4.11. The predicted octanol–water partition coefficient (Wildman–Crippen LogP) is 3.08. The average molecular weight is 405 g/mol. The quantitative estimate of drug-likeness (QED) is 0.428. The highest BCUT2D eigenvalue weighted by Crippen LogP contribution is 2.42. The molecular weight excluding hydrogens is 387 g/mol. The zero-order valence-electron chi connectivity index (χ0n) is 15.0. The van der Waals surface area contributed by atoms with Gasteiger partial charge in [0.2, 0.25) is 11.8 Å². The van der Waals surface area contributed by atoms with Gasteiger partial charge in [0.15, 0.2) is 0 Å². The summed E-state index contributed by atoms with van der Waals surface area (Å²) in [4.78, 5) is 26.3. The van der Waals surface area contributed by atoms with Crippen molar-refractivity contribution < 1.29 is 23.5 Å². The first kappa shape index (κ1) is 20.1. The summed E-state index contributed by atoms with van der Waals surface area (Å²) < 4.78 is 24.8. The van der Waals surface area contributed by atoms with Crippen molar-refractivity contribution in [1.29, 1.82) is 5.26 Å². The minimum atomic E-state index is -0.756. The number of hydrogen-bond donors (Lipinski definition) is 0. The van der Waals surface area contributed by atoms with E-state index >= 15 is 0 Å². The van der Waals surface area contributed by atoms with Gasteiger partial charge in [-0.1, -0.05) is 36.3 Å². The van der Waals surface area contributed by atoms with Gasteiger partial charge in [-0.25, -0.2) is 9.29 Å². The fourth-order valence-corrected chi connectivity index (χ4v) is 3.77. The van der Waals surface area contributed by atoms with E-state index in [0.29, 0.717) is 12.8 Å². The topological polar surface area (TPSA) is 79.6 Å². The Hall–Kier alpha value is -2.61. The molecule has 0 bridgehead atoms. The molecule has 3 rings (SSSR count). The third-order valence-electron chi connectivity index (χ3n) is 4.85. The van der Waals surface area contributed by atoms with Gasteiger partial charge in [-0.3, -0.25) is 9.59 Å². The summed E-state index contributed by atoms with van der Waals surface area (Å²) in [5.74, 6) is 3.22. The third kappa shape index (κ3) is 4.11. The van der Waals surface area contributed by atoms with Gasteiger partial charge >= 0.3 is 0 Å². The Labute approximate surface area is 167 Å². The van der Waals surface area contributed by atoms with Gasteiger partial charge in [-0.05, 0) is 18.9 Å². The van der Waals surface area contributed by atoms with Crippen LogP contribution in [0.1, 0.15) is 25.7 Å². The number of fused-ring (bicyclic) bond motifs is 1. The number of benzene rings is 1. The van der Waals surface area contributed by atoms with Gasteiger partial charge in [0.1, 0.15) is 31.4 Å². The average Bonchev–Trinajstić information content (AvgIpc) is 2.94. The second kappa shape index (κ2) is 9.05. The van der Waals surface area contributed by atoms with Crippen LogP contribution in [-0.2, 0) is 14.3 Å². The lowest BCUT2D eigenvalue weighted by molar-refractivity contribution is -0.122. The molecule has 2 atom stereocenters. The molecule has 1 heterocycles. The number of nitriles is 1. The van der Waals surface area contributed by atoms with Crippen LogP contribution in [0.25, 0.3) is 0 Å². The Bertz CT molecular complexity index is 863. The molecule has 0 spiro atoms. The summed E-state index contributed by atoms with van der Waals surface area (Å²) in [5.41, 5.74) is -0.144. The number of imide groups is 1. The highest BCUT2D eigenvalue weighted by molar-refractivity contribution is 6.32. The number of hydrogen-bond acceptors (Lipinski definition) is 5. The number of carbonyl (C=O) groups is 2. The van der Waals surface area contributed by atoms with Crippen molar-refractivity contribution in [2.45, 2.75) is 25.7 Å². The van der Waals surface area contributed by atoms with E-state index in [1.807, 2.05) is 6.07 Å². The minimum absolute atomic E-state index is 0.0142. The van der Waals surface area contributed by atoms with Gasteiger partial charge in [0, 0.05) is 6.07 Å². The molecule has 146 valence electrons. The summed E-state index contributed by atoms with van der Waals surface area (Å²) in [7, 11) is 0. The Morgan fingerprint density at radius 3 is 2.39 bits per heavy atom. The lowest BCUT2D eigenvalue weighted by Gasteiger charge is -2.19. The molecule has 1 aromatic rings. The van der Waals surface area contributed by atoms with E-state index in [1.165, 1.54) is 6.07 Å². The van der Waals surface area contributed by atoms with Crippen molar-refractivity contribution >= 4 is 29.1 Å². The molecule has 1 saturated carbocycles. The maximum Gasteiger partial charge on any atom is 0.237 e. The number of amides is 2. The van der Waals surface area contributed by atoms with Crippen LogP contribution in [0.5, 0.6) is 5.75 Å². The first-order chi connectivity index (χ1) is 13.5. The van der Waals surface area contributed by atoms with Crippen molar-refractivity contribution in [3.05, 3.63) is 23.0 Å². The predicted molar refractivity (Wildman–Crippen MR) is 99.1 cm³/mol. The molecule has 28 heavy (non-hydrogen) atoms. The number of carbonyl (C=O) groups excluding carboxylic acids is 2. The molecule has 8 heteroatoms. The summed E-state index contributed by atoms with van der Waals surface area (Å²) in [6.07, 6.45) is 3.08. The van der Waals surface area contributed by atoms with Crippen LogP contribution in [0.2, 0.25) is 5.02 Å².